The van der Waals surface area contributed by atoms with E-state index in [0.29, 0.717) is 18.7 Å². The fourth-order valence-corrected chi connectivity index (χ4v) is 4.15. The number of carbonyl (C=O) groups is 1. The summed E-state index contributed by atoms with van der Waals surface area (Å²) in [6, 6.07) is 18.1. The van der Waals surface area contributed by atoms with E-state index in [1.807, 2.05) is 30.3 Å². The molecule has 4 rings (SSSR count). The van der Waals surface area contributed by atoms with Gasteiger partial charge < -0.3 is 14.8 Å². The molecule has 2 fully saturated rings. The van der Waals surface area contributed by atoms with Gasteiger partial charge in [0.1, 0.15) is 12.4 Å². The zero-order chi connectivity index (χ0) is 19.9. The van der Waals surface area contributed by atoms with Gasteiger partial charge in [-0.25, -0.2) is 0 Å². The summed E-state index contributed by atoms with van der Waals surface area (Å²) < 4.78 is 11.4. The van der Waals surface area contributed by atoms with Crippen molar-refractivity contribution in [1.29, 1.82) is 0 Å². The second kappa shape index (κ2) is 9.90. The lowest BCUT2D eigenvalue weighted by Gasteiger charge is -2.28. The fraction of sp³-hybridized carbons (Fsp3) is 0.458. The van der Waals surface area contributed by atoms with Crippen molar-refractivity contribution >= 4 is 5.91 Å². The minimum atomic E-state index is -0.0456. The van der Waals surface area contributed by atoms with Crippen LogP contribution in [-0.4, -0.2) is 49.8 Å². The van der Waals surface area contributed by atoms with Gasteiger partial charge in [-0.05, 0) is 68.6 Å². The van der Waals surface area contributed by atoms with Crippen LogP contribution >= 0.6 is 0 Å². The van der Waals surface area contributed by atoms with Crippen LogP contribution in [0.15, 0.2) is 54.6 Å². The highest BCUT2D eigenvalue weighted by Crippen LogP contribution is 2.24. The summed E-state index contributed by atoms with van der Waals surface area (Å²) in [4.78, 5) is 15.2. The van der Waals surface area contributed by atoms with E-state index in [2.05, 4.69) is 34.5 Å². The number of rotatable bonds is 8. The molecule has 2 aromatic carbocycles. The standard InChI is InChI=1S/C24H30N2O3/c27-24(20-10-12-21(13-11-20)29-18-22-9-6-16-28-22)25-17-23(26-14-4-5-15-26)19-7-2-1-3-8-19/h1-3,7-8,10-13,22-23H,4-6,9,14-18H2,(H,25,27)/t22-,23+/m1/s1. The van der Waals surface area contributed by atoms with Crippen molar-refractivity contribution in [1.82, 2.24) is 10.2 Å². The minimum absolute atomic E-state index is 0.0456. The van der Waals surface area contributed by atoms with Crippen molar-refractivity contribution in [3.8, 4) is 5.75 Å². The maximum Gasteiger partial charge on any atom is 0.251 e. The first-order chi connectivity index (χ1) is 14.3. The highest BCUT2D eigenvalue weighted by atomic mass is 16.5. The van der Waals surface area contributed by atoms with Crippen LogP contribution in [0.1, 0.15) is 47.6 Å². The molecular weight excluding hydrogens is 364 g/mol. The molecule has 0 saturated carbocycles. The molecule has 0 bridgehead atoms. The summed E-state index contributed by atoms with van der Waals surface area (Å²) in [5, 5.41) is 3.13. The molecule has 2 aromatic rings. The molecule has 0 unspecified atom stereocenters. The number of carbonyl (C=O) groups excluding carboxylic acids is 1. The first kappa shape index (κ1) is 19.9. The third-order valence-corrected chi connectivity index (χ3v) is 5.80. The molecule has 0 spiro atoms. The van der Waals surface area contributed by atoms with Crippen molar-refractivity contribution in [3.05, 3.63) is 65.7 Å². The maximum absolute atomic E-state index is 12.7. The van der Waals surface area contributed by atoms with Crippen LogP contribution in [-0.2, 0) is 4.74 Å². The maximum atomic E-state index is 12.7. The SMILES string of the molecule is O=C(NC[C@@H](c1ccccc1)N1CCCC1)c1ccc(OC[C@H]2CCCO2)cc1. The predicted molar refractivity (Wildman–Crippen MR) is 113 cm³/mol. The molecule has 0 radical (unpaired) electrons. The molecule has 1 N–H and O–H groups in total. The van der Waals surface area contributed by atoms with Gasteiger partial charge in [-0.3, -0.25) is 9.69 Å². The summed E-state index contributed by atoms with van der Waals surface area (Å²) >= 11 is 0. The van der Waals surface area contributed by atoms with E-state index in [-0.39, 0.29) is 18.1 Å². The lowest BCUT2D eigenvalue weighted by Crippen LogP contribution is -2.36. The van der Waals surface area contributed by atoms with Crippen LogP contribution in [0.3, 0.4) is 0 Å². The molecule has 1 amide bonds. The van der Waals surface area contributed by atoms with Gasteiger partial charge in [-0.1, -0.05) is 30.3 Å². The summed E-state index contributed by atoms with van der Waals surface area (Å²) in [7, 11) is 0. The van der Waals surface area contributed by atoms with Crippen molar-refractivity contribution in [2.75, 3.05) is 32.8 Å². The quantitative estimate of drug-likeness (QED) is 0.740. The molecule has 2 atom stereocenters. The van der Waals surface area contributed by atoms with Crippen molar-refractivity contribution in [2.24, 2.45) is 0 Å². The number of nitrogens with zero attached hydrogens (tertiary/aromatic N) is 1. The zero-order valence-electron chi connectivity index (χ0n) is 16.9. The molecule has 0 aliphatic carbocycles. The number of nitrogens with one attached hydrogen (secondary N) is 1. The van der Waals surface area contributed by atoms with Gasteiger partial charge in [0.05, 0.1) is 12.1 Å². The average Bonchev–Trinajstić information content (AvgIpc) is 3.48. The Balaban J connectivity index is 1.32. The topological polar surface area (TPSA) is 50.8 Å². The van der Waals surface area contributed by atoms with Crippen LogP contribution in [0.2, 0.25) is 0 Å². The Hall–Kier alpha value is -2.37. The smallest absolute Gasteiger partial charge is 0.251 e. The normalized spacial score (nSPS) is 20.5. The number of hydrogen-bond donors (Lipinski definition) is 1. The van der Waals surface area contributed by atoms with Crippen LogP contribution in [0, 0.1) is 0 Å². The van der Waals surface area contributed by atoms with E-state index >= 15 is 0 Å². The first-order valence-electron chi connectivity index (χ1n) is 10.7. The van der Waals surface area contributed by atoms with Gasteiger partial charge in [0, 0.05) is 18.7 Å². The Morgan fingerprint density at radius 2 is 1.83 bits per heavy atom. The molecule has 0 aromatic heterocycles. The highest BCUT2D eigenvalue weighted by molar-refractivity contribution is 5.94. The van der Waals surface area contributed by atoms with E-state index in [4.69, 9.17) is 9.47 Å². The van der Waals surface area contributed by atoms with Gasteiger partial charge >= 0.3 is 0 Å². The van der Waals surface area contributed by atoms with Gasteiger partial charge in [0.25, 0.3) is 5.91 Å². The number of ether oxygens (including phenoxy) is 2. The Bertz CT molecular complexity index is 766. The van der Waals surface area contributed by atoms with E-state index in [1.54, 1.807) is 0 Å². The van der Waals surface area contributed by atoms with Crippen molar-refractivity contribution in [3.63, 3.8) is 0 Å². The fourth-order valence-electron chi connectivity index (χ4n) is 4.15. The van der Waals surface area contributed by atoms with Crippen LogP contribution < -0.4 is 10.1 Å². The third kappa shape index (κ3) is 5.37. The van der Waals surface area contributed by atoms with Gasteiger partial charge in [0.2, 0.25) is 0 Å². The molecular formula is C24H30N2O3. The molecule has 2 saturated heterocycles. The Labute approximate surface area is 173 Å². The molecule has 2 aliphatic rings. The second-order valence-corrected chi connectivity index (χ2v) is 7.85. The van der Waals surface area contributed by atoms with E-state index in [9.17, 15) is 4.79 Å². The van der Waals surface area contributed by atoms with Crippen LogP contribution in [0.5, 0.6) is 5.75 Å². The molecule has 5 nitrogen and oxygen atoms in total. The molecule has 154 valence electrons. The zero-order valence-corrected chi connectivity index (χ0v) is 16.9. The second-order valence-electron chi connectivity index (χ2n) is 7.85. The molecule has 5 heteroatoms. The third-order valence-electron chi connectivity index (χ3n) is 5.80. The largest absolute Gasteiger partial charge is 0.491 e. The predicted octanol–water partition coefficient (Wildman–Crippen LogP) is 3.81. The molecule has 29 heavy (non-hydrogen) atoms. The average molecular weight is 395 g/mol. The van der Waals surface area contributed by atoms with Gasteiger partial charge in [-0.15, -0.1) is 0 Å². The number of amides is 1. The minimum Gasteiger partial charge on any atom is -0.491 e. The Morgan fingerprint density at radius 3 is 2.52 bits per heavy atom. The summed E-state index contributed by atoms with van der Waals surface area (Å²) in [5.41, 5.74) is 1.91. The molecule has 2 heterocycles. The van der Waals surface area contributed by atoms with Gasteiger partial charge in [-0.2, -0.15) is 0 Å². The lowest BCUT2D eigenvalue weighted by atomic mass is 10.1. The highest BCUT2D eigenvalue weighted by Gasteiger charge is 2.24. The summed E-state index contributed by atoms with van der Waals surface area (Å²) in [6.45, 7) is 4.19. The first-order valence-corrected chi connectivity index (χ1v) is 10.7. The number of benzene rings is 2. The lowest BCUT2D eigenvalue weighted by molar-refractivity contribution is 0.0679. The summed E-state index contributed by atoms with van der Waals surface area (Å²) in [6.07, 6.45) is 4.81. The Kier molecular flexibility index (Phi) is 6.80. The van der Waals surface area contributed by atoms with Crippen molar-refractivity contribution in [2.45, 2.75) is 37.8 Å². The van der Waals surface area contributed by atoms with E-state index in [1.165, 1.54) is 18.4 Å². The van der Waals surface area contributed by atoms with Crippen LogP contribution in [0.4, 0.5) is 0 Å². The summed E-state index contributed by atoms with van der Waals surface area (Å²) in [5.74, 6) is 0.729. The van der Waals surface area contributed by atoms with Crippen LogP contribution in [0.25, 0.3) is 0 Å². The molecule has 2 aliphatic heterocycles. The number of likely N-dealkylation sites (tertiary alicyclic amines) is 1. The van der Waals surface area contributed by atoms with E-state index < -0.39 is 0 Å². The number of hydrogen-bond acceptors (Lipinski definition) is 4. The Morgan fingerprint density at radius 1 is 1.07 bits per heavy atom. The monoisotopic (exact) mass is 394 g/mol. The van der Waals surface area contributed by atoms with Crippen molar-refractivity contribution < 1.29 is 14.3 Å². The van der Waals surface area contributed by atoms with E-state index in [0.717, 1.165) is 38.3 Å². The van der Waals surface area contributed by atoms with Gasteiger partial charge in [0.15, 0.2) is 0 Å².